The predicted molar refractivity (Wildman–Crippen MR) is 63.9 cm³/mol. The Bertz CT molecular complexity index is 262. The lowest BCUT2D eigenvalue weighted by molar-refractivity contribution is -0.284. The summed E-state index contributed by atoms with van der Waals surface area (Å²) in [7, 11) is 0. The van der Waals surface area contributed by atoms with Gasteiger partial charge >= 0.3 is 12.1 Å². The number of hydrogen-bond donors (Lipinski definition) is 0. The van der Waals surface area contributed by atoms with Crippen LogP contribution < -0.4 is 0 Å². The second kappa shape index (κ2) is 8.12. The van der Waals surface area contributed by atoms with Gasteiger partial charge in [0.15, 0.2) is 0 Å². The van der Waals surface area contributed by atoms with Crippen LogP contribution in [-0.2, 0) is 9.47 Å². The van der Waals surface area contributed by atoms with Crippen molar-refractivity contribution in [2.24, 2.45) is 0 Å². The van der Waals surface area contributed by atoms with Crippen LogP contribution in [0.15, 0.2) is 0 Å². The van der Waals surface area contributed by atoms with E-state index in [9.17, 15) is 22.0 Å². The van der Waals surface area contributed by atoms with E-state index >= 15 is 0 Å². The van der Waals surface area contributed by atoms with Crippen LogP contribution in [0.4, 0.5) is 22.0 Å². The van der Waals surface area contributed by atoms with Crippen LogP contribution in [0.3, 0.4) is 0 Å². The molecule has 120 valence electrons. The Morgan fingerprint density at radius 2 is 1.75 bits per heavy atom. The summed E-state index contributed by atoms with van der Waals surface area (Å²) in [4.78, 5) is 0. The third-order valence-corrected chi connectivity index (χ3v) is 3.27. The molecule has 1 rings (SSSR count). The average molecular weight is 304 g/mol. The normalized spacial score (nSPS) is 21.1. The first kappa shape index (κ1) is 17.6. The van der Waals surface area contributed by atoms with Crippen molar-refractivity contribution in [2.45, 2.75) is 63.1 Å². The van der Waals surface area contributed by atoms with E-state index in [1.54, 1.807) is 0 Å². The van der Waals surface area contributed by atoms with Gasteiger partial charge in [0.25, 0.3) is 0 Å². The first-order chi connectivity index (χ1) is 9.33. The molecule has 1 heterocycles. The second-order valence-corrected chi connectivity index (χ2v) is 5.08. The molecule has 1 fully saturated rings. The standard InChI is InChI=1S/C13H21F5O2/c14-12(15,13(16,17)18)7-3-1-4-8-19-10-11-6-2-5-9-20-11/h11H,1-10H2. The number of ether oxygens (including phenoxy) is 2. The molecule has 1 atom stereocenters. The van der Waals surface area contributed by atoms with Gasteiger partial charge in [-0.25, -0.2) is 0 Å². The van der Waals surface area contributed by atoms with Crippen LogP contribution in [0, 0.1) is 0 Å². The molecule has 0 amide bonds. The molecule has 2 nitrogen and oxygen atoms in total. The third-order valence-electron chi connectivity index (χ3n) is 3.27. The summed E-state index contributed by atoms with van der Waals surface area (Å²) in [6.07, 6.45) is -2.74. The summed E-state index contributed by atoms with van der Waals surface area (Å²) in [6, 6.07) is 0. The van der Waals surface area contributed by atoms with E-state index in [0.717, 1.165) is 25.9 Å². The largest absolute Gasteiger partial charge is 0.453 e. The fourth-order valence-corrected chi connectivity index (χ4v) is 2.02. The molecule has 1 aliphatic heterocycles. The fourth-order valence-electron chi connectivity index (χ4n) is 2.02. The molecule has 0 aliphatic carbocycles. The van der Waals surface area contributed by atoms with E-state index in [2.05, 4.69) is 0 Å². The van der Waals surface area contributed by atoms with E-state index in [-0.39, 0.29) is 12.5 Å². The van der Waals surface area contributed by atoms with Crippen molar-refractivity contribution in [2.75, 3.05) is 19.8 Å². The summed E-state index contributed by atoms with van der Waals surface area (Å²) < 4.78 is 71.6. The molecular formula is C13H21F5O2. The summed E-state index contributed by atoms with van der Waals surface area (Å²) in [5.74, 6) is -4.58. The maximum atomic E-state index is 12.6. The Kier molecular flexibility index (Phi) is 7.15. The Labute approximate surface area is 115 Å². The number of unbranched alkanes of at least 4 members (excludes halogenated alkanes) is 2. The summed E-state index contributed by atoms with van der Waals surface area (Å²) in [6.45, 7) is 1.58. The minimum Gasteiger partial charge on any atom is -0.379 e. The molecule has 0 radical (unpaired) electrons. The van der Waals surface area contributed by atoms with Crippen LogP contribution in [-0.4, -0.2) is 38.0 Å². The summed E-state index contributed by atoms with van der Waals surface area (Å²) in [5.41, 5.74) is 0. The first-order valence-electron chi connectivity index (χ1n) is 6.97. The second-order valence-electron chi connectivity index (χ2n) is 5.08. The molecule has 0 spiro atoms. The molecule has 1 aliphatic rings. The smallest absolute Gasteiger partial charge is 0.379 e. The topological polar surface area (TPSA) is 18.5 Å². The van der Waals surface area contributed by atoms with Gasteiger partial charge in [0.05, 0.1) is 12.7 Å². The van der Waals surface area contributed by atoms with Gasteiger partial charge in [0, 0.05) is 19.6 Å². The number of hydrogen-bond acceptors (Lipinski definition) is 2. The maximum Gasteiger partial charge on any atom is 0.453 e. The van der Waals surface area contributed by atoms with E-state index in [1.165, 1.54) is 0 Å². The molecule has 0 N–H and O–H groups in total. The Morgan fingerprint density at radius 1 is 1.00 bits per heavy atom. The quantitative estimate of drug-likeness (QED) is 0.491. The van der Waals surface area contributed by atoms with Crippen LogP contribution in [0.25, 0.3) is 0 Å². The van der Waals surface area contributed by atoms with Crippen molar-refractivity contribution >= 4 is 0 Å². The van der Waals surface area contributed by atoms with Crippen LogP contribution in [0.2, 0.25) is 0 Å². The van der Waals surface area contributed by atoms with Crippen LogP contribution in [0.5, 0.6) is 0 Å². The van der Waals surface area contributed by atoms with Crippen molar-refractivity contribution in [3.63, 3.8) is 0 Å². The summed E-state index contributed by atoms with van der Waals surface area (Å²) in [5, 5.41) is 0. The highest BCUT2D eigenvalue weighted by molar-refractivity contribution is 4.75. The van der Waals surface area contributed by atoms with Crippen molar-refractivity contribution < 1.29 is 31.4 Å². The SMILES string of the molecule is FC(F)(F)C(F)(F)CCCCCOCC1CCCCO1. The molecule has 1 unspecified atom stereocenters. The fraction of sp³-hybridized carbons (Fsp3) is 1.00. The molecule has 0 bridgehead atoms. The van der Waals surface area contributed by atoms with Gasteiger partial charge in [-0.3, -0.25) is 0 Å². The maximum absolute atomic E-state index is 12.6. The average Bonchev–Trinajstić information content (AvgIpc) is 2.37. The zero-order valence-corrected chi connectivity index (χ0v) is 11.4. The van der Waals surface area contributed by atoms with Gasteiger partial charge < -0.3 is 9.47 Å². The van der Waals surface area contributed by atoms with E-state index in [0.29, 0.717) is 26.1 Å². The number of halogens is 5. The van der Waals surface area contributed by atoms with Gasteiger partial charge in [0.2, 0.25) is 0 Å². The van der Waals surface area contributed by atoms with Crippen molar-refractivity contribution in [1.29, 1.82) is 0 Å². The van der Waals surface area contributed by atoms with Gasteiger partial charge in [-0.1, -0.05) is 6.42 Å². The molecular weight excluding hydrogens is 283 g/mol. The molecule has 0 saturated carbocycles. The molecule has 20 heavy (non-hydrogen) atoms. The Hall–Kier alpha value is -0.430. The lowest BCUT2D eigenvalue weighted by Crippen LogP contribution is -2.36. The monoisotopic (exact) mass is 304 g/mol. The Balaban J connectivity index is 1.97. The number of rotatable bonds is 8. The zero-order valence-electron chi connectivity index (χ0n) is 11.4. The zero-order chi connectivity index (χ0) is 15.1. The van der Waals surface area contributed by atoms with E-state index in [4.69, 9.17) is 9.47 Å². The minimum absolute atomic E-state index is 0.0957. The molecule has 1 saturated heterocycles. The van der Waals surface area contributed by atoms with E-state index in [1.807, 2.05) is 0 Å². The molecule has 0 aromatic rings. The van der Waals surface area contributed by atoms with Crippen LogP contribution in [0.1, 0.15) is 44.9 Å². The van der Waals surface area contributed by atoms with E-state index < -0.39 is 18.5 Å². The van der Waals surface area contributed by atoms with Crippen molar-refractivity contribution in [3.05, 3.63) is 0 Å². The predicted octanol–water partition coefficient (Wildman–Crippen LogP) is 4.33. The lowest BCUT2D eigenvalue weighted by Gasteiger charge is -2.22. The lowest BCUT2D eigenvalue weighted by atomic mass is 10.1. The number of alkyl halides is 5. The summed E-state index contributed by atoms with van der Waals surface area (Å²) >= 11 is 0. The molecule has 7 heteroatoms. The van der Waals surface area contributed by atoms with Gasteiger partial charge in [0.1, 0.15) is 0 Å². The van der Waals surface area contributed by atoms with Gasteiger partial charge in [-0.05, 0) is 32.1 Å². The highest BCUT2D eigenvalue weighted by atomic mass is 19.4. The Morgan fingerprint density at radius 3 is 2.35 bits per heavy atom. The third kappa shape index (κ3) is 6.35. The first-order valence-corrected chi connectivity index (χ1v) is 6.97. The van der Waals surface area contributed by atoms with Gasteiger partial charge in [-0.15, -0.1) is 0 Å². The van der Waals surface area contributed by atoms with Crippen molar-refractivity contribution in [1.82, 2.24) is 0 Å². The molecule has 0 aromatic heterocycles. The highest BCUT2D eigenvalue weighted by Gasteiger charge is 2.56. The van der Waals surface area contributed by atoms with Crippen molar-refractivity contribution in [3.8, 4) is 0 Å². The van der Waals surface area contributed by atoms with Gasteiger partial charge in [-0.2, -0.15) is 22.0 Å². The minimum atomic E-state index is -5.44. The highest BCUT2D eigenvalue weighted by Crippen LogP contribution is 2.39. The molecule has 0 aromatic carbocycles. The van der Waals surface area contributed by atoms with Crippen LogP contribution >= 0.6 is 0 Å².